The van der Waals surface area contributed by atoms with E-state index in [1.165, 1.54) is 11.1 Å². The maximum absolute atomic E-state index is 4.38. The van der Waals surface area contributed by atoms with Crippen LogP contribution in [0.25, 0.3) is 10.6 Å². The molecule has 0 radical (unpaired) electrons. The minimum Gasteiger partial charge on any atom is -0.278 e. The number of aromatic nitrogens is 2. The molecule has 0 amide bonds. The molecule has 1 heterocycles. The summed E-state index contributed by atoms with van der Waals surface area (Å²) in [7, 11) is 0. The normalized spacial score (nSPS) is 10.2. The van der Waals surface area contributed by atoms with Crippen molar-refractivity contribution in [1.82, 2.24) is 15.6 Å². The first kappa shape index (κ1) is 18.4. The summed E-state index contributed by atoms with van der Waals surface area (Å²) in [5.74, 6) is 0. The smallest absolute Gasteiger partial charge is 0.223 e. The van der Waals surface area contributed by atoms with E-state index in [9.17, 15) is 0 Å². The van der Waals surface area contributed by atoms with E-state index < -0.39 is 0 Å². The van der Waals surface area contributed by atoms with Crippen molar-refractivity contribution in [3.05, 3.63) is 65.7 Å². The average Bonchev–Trinajstić information content (AvgIpc) is 3.05. The lowest BCUT2D eigenvalue weighted by molar-refractivity contribution is 0.639. The van der Waals surface area contributed by atoms with Gasteiger partial charge in [-0.3, -0.25) is 5.01 Å². The first-order chi connectivity index (χ1) is 11.3. The van der Waals surface area contributed by atoms with Gasteiger partial charge in [0.15, 0.2) is 0 Å². The van der Waals surface area contributed by atoms with Gasteiger partial charge in [-0.1, -0.05) is 72.9 Å². The molecular weight excluding hydrogens is 340 g/mol. The minimum absolute atomic E-state index is 0. The molecule has 0 aliphatic carbocycles. The van der Waals surface area contributed by atoms with Gasteiger partial charge in [0.05, 0.1) is 6.54 Å². The Hall–Kier alpha value is -1.95. The Labute approximate surface area is 152 Å². The van der Waals surface area contributed by atoms with Gasteiger partial charge in [-0.05, 0) is 18.1 Å². The largest absolute Gasteiger partial charge is 0.278 e. The van der Waals surface area contributed by atoms with Crippen LogP contribution in [0.2, 0.25) is 0 Å². The van der Waals surface area contributed by atoms with Gasteiger partial charge >= 0.3 is 0 Å². The Morgan fingerprint density at radius 2 is 1.71 bits per heavy atom. The highest BCUT2D eigenvalue weighted by molar-refractivity contribution is 7.18. The summed E-state index contributed by atoms with van der Waals surface area (Å²) < 4.78 is 0. The molecule has 0 saturated carbocycles. The molecule has 0 aliphatic rings. The fourth-order valence-electron chi connectivity index (χ4n) is 2.39. The van der Waals surface area contributed by atoms with Gasteiger partial charge in [0, 0.05) is 12.1 Å². The second-order valence-electron chi connectivity index (χ2n) is 5.29. The van der Waals surface area contributed by atoms with Crippen molar-refractivity contribution >= 4 is 28.9 Å². The Balaban J connectivity index is 0.00000208. The van der Waals surface area contributed by atoms with Gasteiger partial charge in [0.25, 0.3) is 0 Å². The van der Waals surface area contributed by atoms with Crippen LogP contribution in [0.1, 0.15) is 18.1 Å². The van der Waals surface area contributed by atoms with Crippen LogP contribution < -0.4 is 10.4 Å². The Bertz CT molecular complexity index is 760. The minimum atomic E-state index is 0. The maximum Gasteiger partial charge on any atom is 0.223 e. The Morgan fingerprint density at radius 1 is 1.00 bits per heavy atom. The van der Waals surface area contributed by atoms with E-state index in [2.05, 4.69) is 70.9 Å². The number of halogens is 1. The molecule has 24 heavy (non-hydrogen) atoms. The van der Waals surface area contributed by atoms with E-state index in [1.807, 2.05) is 18.2 Å². The summed E-state index contributed by atoms with van der Waals surface area (Å²) in [6, 6.07) is 18.6. The van der Waals surface area contributed by atoms with Crippen LogP contribution in [0, 0.1) is 6.92 Å². The van der Waals surface area contributed by atoms with E-state index in [1.54, 1.807) is 11.3 Å². The molecule has 0 unspecified atom stereocenters. The van der Waals surface area contributed by atoms with Crippen LogP contribution in [0.4, 0.5) is 5.13 Å². The summed E-state index contributed by atoms with van der Waals surface area (Å²) in [5, 5.41) is 12.7. The Kier molecular flexibility index (Phi) is 6.73. The number of hydrazine groups is 1. The summed E-state index contributed by atoms with van der Waals surface area (Å²) in [6.07, 6.45) is 0. The summed E-state index contributed by atoms with van der Waals surface area (Å²) in [4.78, 5) is 0. The molecule has 126 valence electrons. The van der Waals surface area contributed by atoms with Crippen LogP contribution in [0.5, 0.6) is 0 Å². The van der Waals surface area contributed by atoms with E-state index in [0.717, 1.165) is 28.8 Å². The van der Waals surface area contributed by atoms with Crippen molar-refractivity contribution in [1.29, 1.82) is 0 Å². The second-order valence-corrected chi connectivity index (χ2v) is 6.24. The van der Waals surface area contributed by atoms with E-state index in [0.29, 0.717) is 0 Å². The summed E-state index contributed by atoms with van der Waals surface area (Å²) in [5.41, 5.74) is 6.97. The monoisotopic (exact) mass is 360 g/mol. The SMILES string of the molecule is CCNN(Cc1ccccc1)c1nnc(-c2ccccc2C)s1.Cl. The fraction of sp³-hybridized carbons (Fsp3) is 0.222. The third-order valence-electron chi connectivity index (χ3n) is 3.55. The molecular formula is C18H21ClN4S. The molecule has 1 N–H and O–H groups in total. The third kappa shape index (κ3) is 4.32. The number of rotatable bonds is 6. The molecule has 0 bridgehead atoms. The van der Waals surface area contributed by atoms with Crippen LogP contribution in [0.3, 0.4) is 0 Å². The van der Waals surface area contributed by atoms with E-state index in [4.69, 9.17) is 0 Å². The van der Waals surface area contributed by atoms with Crippen molar-refractivity contribution < 1.29 is 0 Å². The highest BCUT2D eigenvalue weighted by Gasteiger charge is 2.14. The van der Waals surface area contributed by atoms with Crippen molar-refractivity contribution in [3.63, 3.8) is 0 Å². The van der Waals surface area contributed by atoms with Gasteiger partial charge in [-0.15, -0.1) is 22.6 Å². The predicted molar refractivity (Wildman–Crippen MR) is 104 cm³/mol. The quantitative estimate of drug-likeness (QED) is 0.658. The predicted octanol–water partition coefficient (Wildman–Crippen LogP) is 4.47. The van der Waals surface area contributed by atoms with Crippen molar-refractivity contribution in [3.8, 4) is 10.6 Å². The zero-order valence-electron chi connectivity index (χ0n) is 13.8. The molecule has 1 aromatic heterocycles. The van der Waals surface area contributed by atoms with Gasteiger partial charge in [0.1, 0.15) is 5.01 Å². The number of anilines is 1. The highest BCUT2D eigenvalue weighted by atomic mass is 35.5. The first-order valence-electron chi connectivity index (χ1n) is 7.72. The van der Waals surface area contributed by atoms with Crippen LogP contribution in [-0.2, 0) is 6.54 Å². The average molecular weight is 361 g/mol. The highest BCUT2D eigenvalue weighted by Crippen LogP contribution is 2.30. The summed E-state index contributed by atoms with van der Waals surface area (Å²) in [6.45, 7) is 5.78. The van der Waals surface area contributed by atoms with Crippen LogP contribution in [-0.4, -0.2) is 16.7 Å². The molecule has 0 aliphatic heterocycles. The van der Waals surface area contributed by atoms with Crippen molar-refractivity contribution in [2.75, 3.05) is 11.6 Å². The molecule has 2 aromatic carbocycles. The molecule has 3 rings (SSSR count). The van der Waals surface area contributed by atoms with Gasteiger partial charge in [0.2, 0.25) is 5.13 Å². The number of nitrogens with one attached hydrogen (secondary N) is 1. The fourth-order valence-corrected chi connectivity index (χ4v) is 3.31. The number of benzene rings is 2. The van der Waals surface area contributed by atoms with Crippen molar-refractivity contribution in [2.24, 2.45) is 0 Å². The third-order valence-corrected chi connectivity index (χ3v) is 4.53. The zero-order chi connectivity index (χ0) is 16.1. The lowest BCUT2D eigenvalue weighted by Crippen LogP contribution is -2.37. The molecule has 6 heteroatoms. The van der Waals surface area contributed by atoms with E-state index >= 15 is 0 Å². The molecule has 0 fully saturated rings. The molecule has 3 aromatic rings. The molecule has 0 saturated heterocycles. The lowest BCUT2D eigenvalue weighted by Gasteiger charge is -2.21. The van der Waals surface area contributed by atoms with Gasteiger partial charge in [-0.2, -0.15) is 0 Å². The zero-order valence-corrected chi connectivity index (χ0v) is 15.4. The van der Waals surface area contributed by atoms with Crippen molar-refractivity contribution in [2.45, 2.75) is 20.4 Å². The van der Waals surface area contributed by atoms with Crippen LogP contribution in [0.15, 0.2) is 54.6 Å². The molecule has 0 atom stereocenters. The molecule has 0 spiro atoms. The number of nitrogens with zero attached hydrogens (tertiary/aromatic N) is 3. The standard InChI is InChI=1S/C18H20N4S.ClH/c1-3-19-22(13-15-10-5-4-6-11-15)18-21-20-17(23-18)16-12-8-7-9-14(16)2;/h4-12,19H,3,13H2,1-2H3;1H. The molecule has 4 nitrogen and oxygen atoms in total. The van der Waals surface area contributed by atoms with Crippen LogP contribution >= 0.6 is 23.7 Å². The van der Waals surface area contributed by atoms with Gasteiger partial charge in [-0.25, -0.2) is 5.43 Å². The number of aryl methyl sites for hydroxylation is 1. The Morgan fingerprint density at radius 3 is 2.42 bits per heavy atom. The number of hydrogen-bond acceptors (Lipinski definition) is 5. The lowest BCUT2D eigenvalue weighted by atomic mass is 10.1. The van der Waals surface area contributed by atoms with Gasteiger partial charge < -0.3 is 0 Å². The first-order valence-corrected chi connectivity index (χ1v) is 8.54. The maximum atomic E-state index is 4.38. The second kappa shape index (κ2) is 8.78. The topological polar surface area (TPSA) is 41.0 Å². The summed E-state index contributed by atoms with van der Waals surface area (Å²) >= 11 is 1.61. The number of hydrogen-bond donors (Lipinski definition) is 1. The van der Waals surface area contributed by atoms with E-state index in [-0.39, 0.29) is 12.4 Å².